The summed E-state index contributed by atoms with van der Waals surface area (Å²) < 4.78 is 0. The van der Waals surface area contributed by atoms with Gasteiger partial charge < -0.3 is 5.32 Å². The van der Waals surface area contributed by atoms with Gasteiger partial charge >= 0.3 is 0 Å². The number of nitrogens with zero attached hydrogens (tertiary/aromatic N) is 2. The van der Waals surface area contributed by atoms with E-state index in [1.165, 1.54) is 0 Å². The van der Waals surface area contributed by atoms with Crippen molar-refractivity contribution in [2.24, 2.45) is 0 Å². The normalized spacial score (nSPS) is 26.4. The Bertz CT molecular complexity index is 557. The van der Waals surface area contributed by atoms with Gasteiger partial charge in [0.2, 0.25) is 0 Å². The molecule has 2 heterocycles. The van der Waals surface area contributed by atoms with E-state index in [1.807, 2.05) is 19.2 Å². The maximum atomic E-state index is 12.5. The number of carbonyl (C=O) groups is 1. The molecule has 1 aliphatic carbocycles. The maximum absolute atomic E-state index is 12.5. The lowest BCUT2D eigenvalue weighted by molar-refractivity contribution is -0.131. The van der Waals surface area contributed by atoms with E-state index in [4.69, 9.17) is 12.2 Å². The molecule has 18 heavy (non-hydrogen) atoms. The number of aryl methyl sites for hydroxylation is 2. The second-order valence-corrected chi connectivity index (χ2v) is 5.42. The van der Waals surface area contributed by atoms with Gasteiger partial charge in [-0.3, -0.25) is 14.7 Å². The van der Waals surface area contributed by atoms with E-state index in [1.54, 1.807) is 11.9 Å². The molecule has 1 unspecified atom stereocenters. The van der Waals surface area contributed by atoms with Crippen LogP contribution in [0.5, 0.6) is 0 Å². The van der Waals surface area contributed by atoms with Gasteiger partial charge in [0.05, 0.1) is 0 Å². The second-order valence-electron chi connectivity index (χ2n) is 5.04. The molecule has 1 aromatic rings. The van der Waals surface area contributed by atoms with Crippen molar-refractivity contribution in [1.29, 1.82) is 0 Å². The molecule has 1 amide bonds. The zero-order valence-corrected chi connectivity index (χ0v) is 11.3. The monoisotopic (exact) mass is 261 g/mol. The van der Waals surface area contributed by atoms with Crippen LogP contribution in [0, 0.1) is 6.92 Å². The fraction of sp³-hybridized carbons (Fsp3) is 0.462. The van der Waals surface area contributed by atoms with Crippen molar-refractivity contribution >= 4 is 23.2 Å². The highest BCUT2D eigenvalue weighted by Crippen LogP contribution is 2.39. The van der Waals surface area contributed by atoms with Crippen molar-refractivity contribution in [2.45, 2.75) is 31.7 Å². The number of fused-ring (bicyclic) bond motifs is 2. The third-order valence-electron chi connectivity index (χ3n) is 3.88. The first-order valence-electron chi connectivity index (χ1n) is 6.11. The van der Waals surface area contributed by atoms with Crippen LogP contribution in [-0.2, 0) is 16.8 Å². The molecule has 3 rings (SSSR count). The molecule has 1 aliphatic heterocycles. The fourth-order valence-corrected chi connectivity index (χ4v) is 3.17. The van der Waals surface area contributed by atoms with Crippen LogP contribution in [0.25, 0.3) is 0 Å². The zero-order valence-electron chi connectivity index (χ0n) is 10.5. The summed E-state index contributed by atoms with van der Waals surface area (Å²) in [5, 5.41) is 3.75. The molecular formula is C13H15N3OS. The number of rotatable bonds is 0. The van der Waals surface area contributed by atoms with Crippen molar-refractivity contribution < 1.29 is 4.79 Å². The van der Waals surface area contributed by atoms with E-state index in [9.17, 15) is 4.79 Å². The molecule has 1 fully saturated rings. The van der Waals surface area contributed by atoms with Crippen LogP contribution in [0.1, 0.15) is 29.7 Å². The molecule has 2 aliphatic rings. The predicted molar refractivity (Wildman–Crippen MR) is 72.1 cm³/mol. The Hall–Kier alpha value is -1.49. The Balaban J connectivity index is 2.19. The van der Waals surface area contributed by atoms with Crippen LogP contribution in [0.2, 0.25) is 0 Å². The molecule has 0 radical (unpaired) electrons. The van der Waals surface area contributed by atoms with Gasteiger partial charge in [-0.05, 0) is 55.6 Å². The second kappa shape index (κ2) is 3.75. The SMILES string of the molecule is Cc1cc2c(cn1)CCCC21NC(=S)N(C)C1=O. The largest absolute Gasteiger partial charge is 0.344 e. The molecule has 1 N–H and O–H groups in total. The minimum Gasteiger partial charge on any atom is -0.344 e. The Morgan fingerprint density at radius 1 is 1.56 bits per heavy atom. The minimum absolute atomic E-state index is 0.0547. The van der Waals surface area contributed by atoms with Gasteiger partial charge in [-0.15, -0.1) is 0 Å². The number of hydrogen-bond acceptors (Lipinski definition) is 3. The van der Waals surface area contributed by atoms with Gasteiger partial charge in [-0.25, -0.2) is 0 Å². The molecule has 4 nitrogen and oxygen atoms in total. The Labute approximate surface area is 111 Å². The first-order chi connectivity index (χ1) is 8.54. The molecule has 5 heteroatoms. The first kappa shape index (κ1) is 11.6. The molecule has 0 aromatic carbocycles. The first-order valence-corrected chi connectivity index (χ1v) is 6.52. The maximum Gasteiger partial charge on any atom is 0.258 e. The smallest absolute Gasteiger partial charge is 0.258 e. The molecule has 0 saturated carbocycles. The number of nitrogens with one attached hydrogen (secondary N) is 1. The van der Waals surface area contributed by atoms with Crippen molar-refractivity contribution in [2.75, 3.05) is 7.05 Å². The lowest BCUT2D eigenvalue weighted by Gasteiger charge is -2.33. The molecule has 1 atom stereocenters. The standard InChI is InChI=1S/C13H15N3OS/c1-8-6-10-9(7-14-8)4-3-5-13(10)11(17)16(2)12(18)15-13/h6-7H,3-5H2,1-2H3,(H,15,18). The van der Waals surface area contributed by atoms with E-state index >= 15 is 0 Å². The predicted octanol–water partition coefficient (Wildman–Crippen LogP) is 1.27. The molecule has 1 saturated heterocycles. The Kier molecular flexibility index (Phi) is 2.41. The number of pyridine rings is 1. The summed E-state index contributed by atoms with van der Waals surface area (Å²) in [6.45, 7) is 1.95. The molecule has 1 spiro atoms. The van der Waals surface area contributed by atoms with Crippen LogP contribution in [0.3, 0.4) is 0 Å². The molecule has 0 bridgehead atoms. The van der Waals surface area contributed by atoms with E-state index in [-0.39, 0.29) is 5.91 Å². The number of thiocarbonyl (C=S) groups is 1. The highest BCUT2D eigenvalue weighted by Gasteiger charge is 2.51. The summed E-state index contributed by atoms with van der Waals surface area (Å²) >= 11 is 5.21. The third kappa shape index (κ3) is 1.40. The number of hydrogen-bond donors (Lipinski definition) is 1. The van der Waals surface area contributed by atoms with Crippen molar-refractivity contribution in [3.8, 4) is 0 Å². The number of aromatic nitrogens is 1. The van der Waals surface area contributed by atoms with Crippen molar-refractivity contribution in [3.05, 3.63) is 29.1 Å². The number of amides is 1. The summed E-state index contributed by atoms with van der Waals surface area (Å²) in [7, 11) is 1.73. The summed E-state index contributed by atoms with van der Waals surface area (Å²) in [6.07, 6.45) is 4.65. The lowest BCUT2D eigenvalue weighted by Crippen LogP contribution is -2.46. The average molecular weight is 261 g/mol. The summed E-state index contributed by atoms with van der Waals surface area (Å²) in [6, 6.07) is 2.02. The fourth-order valence-electron chi connectivity index (χ4n) is 2.91. The van der Waals surface area contributed by atoms with Crippen LogP contribution in [-0.4, -0.2) is 28.0 Å². The topological polar surface area (TPSA) is 45.2 Å². The molecule has 94 valence electrons. The highest BCUT2D eigenvalue weighted by atomic mass is 32.1. The van der Waals surface area contributed by atoms with Crippen LogP contribution >= 0.6 is 12.2 Å². The Morgan fingerprint density at radius 2 is 2.33 bits per heavy atom. The lowest BCUT2D eigenvalue weighted by atomic mass is 9.77. The van der Waals surface area contributed by atoms with Gasteiger partial charge in [-0.2, -0.15) is 0 Å². The quantitative estimate of drug-likeness (QED) is 0.714. The number of likely N-dealkylation sites (N-methyl/N-ethyl adjacent to an activating group) is 1. The summed E-state index contributed by atoms with van der Waals surface area (Å²) in [5.74, 6) is 0.0547. The highest BCUT2D eigenvalue weighted by molar-refractivity contribution is 7.80. The Morgan fingerprint density at radius 3 is 3.00 bits per heavy atom. The summed E-state index contributed by atoms with van der Waals surface area (Å²) in [4.78, 5) is 18.4. The van der Waals surface area contributed by atoms with Crippen LogP contribution in [0.15, 0.2) is 12.3 Å². The summed E-state index contributed by atoms with van der Waals surface area (Å²) in [5.41, 5.74) is 2.50. The van der Waals surface area contributed by atoms with Gasteiger partial charge in [0.15, 0.2) is 5.11 Å². The van der Waals surface area contributed by atoms with Crippen molar-refractivity contribution in [3.63, 3.8) is 0 Å². The third-order valence-corrected chi connectivity index (χ3v) is 4.25. The molecular weight excluding hydrogens is 246 g/mol. The molecule has 1 aromatic heterocycles. The van der Waals surface area contributed by atoms with Crippen molar-refractivity contribution in [1.82, 2.24) is 15.2 Å². The van der Waals surface area contributed by atoms with Crippen LogP contribution in [0.4, 0.5) is 0 Å². The van der Waals surface area contributed by atoms with E-state index in [0.29, 0.717) is 5.11 Å². The minimum atomic E-state index is -0.646. The number of carbonyl (C=O) groups excluding carboxylic acids is 1. The van der Waals surface area contributed by atoms with Gasteiger partial charge in [0.1, 0.15) is 5.54 Å². The van der Waals surface area contributed by atoms with E-state index < -0.39 is 5.54 Å². The zero-order chi connectivity index (χ0) is 12.9. The average Bonchev–Trinajstić information content (AvgIpc) is 2.56. The van der Waals surface area contributed by atoms with Crippen LogP contribution < -0.4 is 5.32 Å². The van der Waals surface area contributed by atoms with Gasteiger partial charge in [0, 0.05) is 18.9 Å². The van der Waals surface area contributed by atoms with E-state index in [2.05, 4.69) is 10.3 Å². The van der Waals surface area contributed by atoms with Gasteiger partial charge in [0.25, 0.3) is 5.91 Å². The van der Waals surface area contributed by atoms with E-state index in [0.717, 1.165) is 36.1 Å². The van der Waals surface area contributed by atoms with Gasteiger partial charge in [-0.1, -0.05) is 0 Å².